The Bertz CT molecular complexity index is 1180. The number of para-hydroxylation sites is 1. The number of hydrogen-bond acceptors (Lipinski definition) is 3. The summed E-state index contributed by atoms with van der Waals surface area (Å²) in [5.74, 6) is 1.21. The van der Waals surface area contributed by atoms with E-state index in [9.17, 15) is 9.59 Å². The number of rotatable bonds is 9. The molecular formula is C28H37N3O2. The minimum absolute atomic E-state index is 0.101. The molecule has 3 rings (SSSR count). The topological polar surface area (TPSA) is 55.2 Å². The third kappa shape index (κ3) is 5.52. The molecule has 176 valence electrons. The van der Waals surface area contributed by atoms with Crippen molar-refractivity contribution in [1.29, 1.82) is 0 Å². The molecule has 0 aliphatic rings. The number of aryl methyl sites for hydroxylation is 2. The average Bonchev–Trinajstić information content (AvgIpc) is 2.79. The zero-order valence-electron chi connectivity index (χ0n) is 20.9. The first-order chi connectivity index (χ1) is 15.7. The molecule has 0 saturated carbocycles. The SMILES string of the molecule is CCCCC(=O)N(CCC(C)C)C(C)c1nc2ccccc2c(=O)n1-c1ccc(C)c(C)c1. The lowest BCUT2D eigenvalue weighted by molar-refractivity contribution is -0.133. The molecule has 1 amide bonds. The van der Waals surface area contributed by atoms with Crippen LogP contribution in [0.4, 0.5) is 0 Å². The van der Waals surface area contributed by atoms with E-state index < -0.39 is 0 Å². The molecule has 0 aliphatic carbocycles. The Morgan fingerprint density at radius 2 is 1.79 bits per heavy atom. The van der Waals surface area contributed by atoms with Crippen molar-refractivity contribution in [2.24, 2.45) is 5.92 Å². The molecule has 1 aromatic heterocycles. The van der Waals surface area contributed by atoms with Gasteiger partial charge in [0.1, 0.15) is 5.82 Å². The van der Waals surface area contributed by atoms with Crippen molar-refractivity contribution in [3.05, 3.63) is 69.8 Å². The minimum atomic E-state index is -0.327. The number of carbonyl (C=O) groups is 1. The highest BCUT2D eigenvalue weighted by atomic mass is 16.2. The zero-order valence-corrected chi connectivity index (χ0v) is 20.9. The Morgan fingerprint density at radius 1 is 1.06 bits per heavy atom. The van der Waals surface area contributed by atoms with E-state index in [-0.39, 0.29) is 17.5 Å². The van der Waals surface area contributed by atoms with Crippen molar-refractivity contribution < 1.29 is 4.79 Å². The molecule has 5 heteroatoms. The van der Waals surface area contributed by atoms with E-state index in [4.69, 9.17) is 4.98 Å². The number of carbonyl (C=O) groups excluding carboxylic acids is 1. The lowest BCUT2D eigenvalue weighted by Gasteiger charge is -2.31. The average molecular weight is 448 g/mol. The van der Waals surface area contributed by atoms with Crippen LogP contribution in [0.15, 0.2) is 47.3 Å². The monoisotopic (exact) mass is 447 g/mol. The maximum Gasteiger partial charge on any atom is 0.266 e. The summed E-state index contributed by atoms with van der Waals surface area (Å²) in [6.07, 6.45) is 3.25. The number of fused-ring (bicyclic) bond motifs is 1. The number of benzene rings is 2. The summed E-state index contributed by atoms with van der Waals surface area (Å²) in [6.45, 7) is 13.2. The molecule has 0 fully saturated rings. The molecule has 0 spiro atoms. The van der Waals surface area contributed by atoms with Crippen LogP contribution in [0, 0.1) is 19.8 Å². The van der Waals surface area contributed by atoms with Crippen molar-refractivity contribution in [1.82, 2.24) is 14.5 Å². The first-order valence-corrected chi connectivity index (χ1v) is 12.1. The van der Waals surface area contributed by atoms with Gasteiger partial charge in [-0.15, -0.1) is 0 Å². The smallest absolute Gasteiger partial charge is 0.266 e. The second kappa shape index (κ2) is 10.8. The fourth-order valence-electron chi connectivity index (χ4n) is 4.09. The summed E-state index contributed by atoms with van der Waals surface area (Å²) in [5.41, 5.74) is 3.63. The molecule has 1 unspecified atom stereocenters. The molecule has 2 aromatic carbocycles. The van der Waals surface area contributed by atoms with Gasteiger partial charge in [-0.2, -0.15) is 0 Å². The summed E-state index contributed by atoms with van der Waals surface area (Å²) >= 11 is 0. The van der Waals surface area contributed by atoms with Crippen LogP contribution in [-0.4, -0.2) is 26.9 Å². The molecule has 0 saturated heterocycles. The maximum atomic E-state index is 13.7. The quantitative estimate of drug-likeness (QED) is 0.396. The van der Waals surface area contributed by atoms with Gasteiger partial charge in [0.2, 0.25) is 5.91 Å². The van der Waals surface area contributed by atoms with E-state index >= 15 is 0 Å². The third-order valence-electron chi connectivity index (χ3n) is 6.40. The Morgan fingerprint density at radius 3 is 2.45 bits per heavy atom. The molecule has 0 aliphatic heterocycles. The first-order valence-electron chi connectivity index (χ1n) is 12.1. The van der Waals surface area contributed by atoms with Crippen LogP contribution in [0.5, 0.6) is 0 Å². The highest BCUT2D eigenvalue weighted by Gasteiger charge is 2.26. The highest BCUT2D eigenvalue weighted by Crippen LogP contribution is 2.25. The Hall–Kier alpha value is -2.95. The first kappa shape index (κ1) is 24.7. The Labute approximate surface area is 197 Å². The van der Waals surface area contributed by atoms with Crippen molar-refractivity contribution >= 4 is 16.8 Å². The fraction of sp³-hybridized carbons (Fsp3) is 0.464. The number of aromatic nitrogens is 2. The van der Waals surface area contributed by atoms with Crippen molar-refractivity contribution in [2.45, 2.75) is 73.3 Å². The van der Waals surface area contributed by atoms with Gasteiger partial charge in [-0.25, -0.2) is 4.98 Å². The van der Waals surface area contributed by atoms with E-state index in [0.717, 1.165) is 30.5 Å². The second-order valence-electron chi connectivity index (χ2n) is 9.45. The van der Waals surface area contributed by atoms with Crippen LogP contribution < -0.4 is 5.56 Å². The van der Waals surface area contributed by atoms with Crippen LogP contribution in [0.3, 0.4) is 0 Å². The third-order valence-corrected chi connectivity index (χ3v) is 6.40. The number of nitrogens with zero attached hydrogens (tertiary/aromatic N) is 3. The van der Waals surface area contributed by atoms with Gasteiger partial charge in [-0.1, -0.05) is 45.4 Å². The molecule has 1 heterocycles. The fourth-order valence-corrected chi connectivity index (χ4v) is 4.09. The number of hydrogen-bond donors (Lipinski definition) is 0. The summed E-state index contributed by atoms with van der Waals surface area (Å²) in [5, 5.41) is 0.581. The van der Waals surface area contributed by atoms with Gasteiger partial charge in [0.15, 0.2) is 0 Å². The molecule has 1 atom stereocenters. The maximum absolute atomic E-state index is 13.7. The van der Waals surface area contributed by atoms with Crippen LogP contribution in [0.1, 0.15) is 76.4 Å². The van der Waals surface area contributed by atoms with Gasteiger partial charge in [0.25, 0.3) is 5.56 Å². The number of amides is 1. The van der Waals surface area contributed by atoms with Crippen LogP contribution in [0.2, 0.25) is 0 Å². The van der Waals surface area contributed by atoms with Crippen molar-refractivity contribution in [2.75, 3.05) is 6.54 Å². The molecule has 0 radical (unpaired) electrons. The zero-order chi connectivity index (χ0) is 24.1. The lowest BCUT2D eigenvalue weighted by Crippen LogP contribution is -2.38. The van der Waals surface area contributed by atoms with Gasteiger partial charge in [-0.05, 0) is 74.9 Å². The summed E-state index contributed by atoms with van der Waals surface area (Å²) in [6, 6.07) is 13.1. The van der Waals surface area contributed by atoms with Crippen molar-refractivity contribution in [3.63, 3.8) is 0 Å². The standard InChI is InChI=1S/C28H37N3O2/c1-7-8-13-26(32)30(17-16-19(2)3)22(6)27-29-25-12-10-9-11-24(25)28(33)31(27)23-15-14-20(4)21(5)18-23/h9-12,14-15,18-19,22H,7-8,13,16-17H2,1-6H3. The van der Waals surface area contributed by atoms with E-state index in [1.807, 2.05) is 61.2 Å². The van der Waals surface area contributed by atoms with Gasteiger partial charge < -0.3 is 4.90 Å². The molecule has 3 aromatic rings. The summed E-state index contributed by atoms with van der Waals surface area (Å²) in [7, 11) is 0. The van der Waals surface area contributed by atoms with Gasteiger partial charge in [-0.3, -0.25) is 14.2 Å². The van der Waals surface area contributed by atoms with Gasteiger partial charge in [0.05, 0.1) is 22.6 Å². The Kier molecular flexibility index (Phi) is 8.06. The second-order valence-corrected chi connectivity index (χ2v) is 9.45. The molecule has 33 heavy (non-hydrogen) atoms. The van der Waals surface area contributed by atoms with E-state index in [2.05, 4.69) is 27.7 Å². The number of unbranched alkanes of at least 4 members (excludes halogenated alkanes) is 1. The molecule has 0 N–H and O–H groups in total. The Balaban J connectivity index is 2.20. The van der Waals surface area contributed by atoms with E-state index in [0.29, 0.717) is 35.6 Å². The summed E-state index contributed by atoms with van der Waals surface area (Å²) in [4.78, 5) is 33.8. The largest absolute Gasteiger partial charge is 0.333 e. The van der Waals surface area contributed by atoms with Crippen LogP contribution in [-0.2, 0) is 4.79 Å². The normalized spacial score (nSPS) is 12.3. The predicted octanol–water partition coefficient (Wildman–Crippen LogP) is 6.13. The van der Waals surface area contributed by atoms with Crippen LogP contribution in [0.25, 0.3) is 16.6 Å². The molecule has 5 nitrogen and oxygen atoms in total. The highest BCUT2D eigenvalue weighted by molar-refractivity contribution is 5.79. The van der Waals surface area contributed by atoms with Crippen molar-refractivity contribution in [3.8, 4) is 5.69 Å². The van der Waals surface area contributed by atoms with Crippen LogP contribution >= 0.6 is 0 Å². The molecular weight excluding hydrogens is 410 g/mol. The predicted molar refractivity (Wildman–Crippen MR) is 136 cm³/mol. The van der Waals surface area contributed by atoms with E-state index in [1.54, 1.807) is 4.57 Å². The molecule has 0 bridgehead atoms. The van der Waals surface area contributed by atoms with Gasteiger partial charge >= 0.3 is 0 Å². The van der Waals surface area contributed by atoms with Gasteiger partial charge in [0, 0.05) is 13.0 Å². The van der Waals surface area contributed by atoms with E-state index in [1.165, 1.54) is 5.56 Å². The lowest BCUT2D eigenvalue weighted by atomic mass is 10.1. The summed E-state index contributed by atoms with van der Waals surface area (Å²) < 4.78 is 1.70. The minimum Gasteiger partial charge on any atom is -0.333 e.